The Morgan fingerprint density at radius 2 is 2.28 bits per heavy atom. The average molecular weight is 265 g/mol. The summed E-state index contributed by atoms with van der Waals surface area (Å²) in [5.74, 6) is 3.17. The summed E-state index contributed by atoms with van der Waals surface area (Å²) in [5.41, 5.74) is 2.76. The van der Waals surface area contributed by atoms with E-state index in [4.69, 9.17) is 16.6 Å². The van der Waals surface area contributed by atoms with Crippen LogP contribution in [0.2, 0.25) is 0 Å². The Morgan fingerprint density at radius 1 is 1.56 bits per heavy atom. The van der Waals surface area contributed by atoms with E-state index in [2.05, 4.69) is 22.8 Å². The summed E-state index contributed by atoms with van der Waals surface area (Å²) in [6, 6.07) is 4.26. The van der Waals surface area contributed by atoms with Gasteiger partial charge in [0.2, 0.25) is 0 Å². The van der Waals surface area contributed by atoms with Gasteiger partial charge in [0.15, 0.2) is 5.11 Å². The van der Waals surface area contributed by atoms with Gasteiger partial charge < -0.3 is 9.73 Å². The summed E-state index contributed by atoms with van der Waals surface area (Å²) in [6.45, 7) is 6.28. The lowest BCUT2D eigenvalue weighted by molar-refractivity contribution is 0.500. The maximum absolute atomic E-state index is 5.69. The second kappa shape index (κ2) is 5.52. The minimum atomic E-state index is 0.298. The number of nitrogens with one attached hydrogen (secondary N) is 2. The first kappa shape index (κ1) is 13.1. The van der Waals surface area contributed by atoms with Crippen molar-refractivity contribution in [1.82, 2.24) is 10.7 Å². The molecule has 0 unspecified atom stereocenters. The fourth-order valence-corrected chi connectivity index (χ4v) is 2.09. The molecular weight excluding hydrogens is 246 g/mol. The van der Waals surface area contributed by atoms with E-state index in [1.165, 1.54) is 6.42 Å². The molecule has 2 rings (SSSR count). The molecule has 4 nitrogen and oxygen atoms in total. The molecule has 0 aliphatic heterocycles. The minimum absolute atomic E-state index is 0.298. The largest absolute Gasteiger partial charge is 0.460 e. The van der Waals surface area contributed by atoms with Gasteiger partial charge in [-0.05, 0) is 50.5 Å². The molecule has 0 bridgehead atoms. The van der Waals surface area contributed by atoms with E-state index in [-0.39, 0.29) is 0 Å². The molecule has 2 atom stereocenters. The molecule has 1 saturated carbocycles. The molecule has 98 valence electrons. The molecule has 0 radical (unpaired) electrons. The van der Waals surface area contributed by atoms with Crippen LogP contribution in [-0.2, 0) is 0 Å². The zero-order chi connectivity index (χ0) is 13.1. The summed E-state index contributed by atoms with van der Waals surface area (Å²) in [6.07, 6.45) is 2.87. The number of thiocarbonyl (C=S) groups is 1. The van der Waals surface area contributed by atoms with E-state index in [0.717, 1.165) is 17.4 Å². The Bertz CT molecular complexity index is 453. The zero-order valence-corrected chi connectivity index (χ0v) is 11.8. The van der Waals surface area contributed by atoms with Crippen molar-refractivity contribution < 1.29 is 4.42 Å². The van der Waals surface area contributed by atoms with Gasteiger partial charge in [-0.25, -0.2) is 0 Å². The van der Waals surface area contributed by atoms with E-state index < -0.39 is 0 Å². The van der Waals surface area contributed by atoms with Crippen molar-refractivity contribution in [2.45, 2.75) is 39.2 Å². The average Bonchev–Trinajstić information content (AvgIpc) is 2.83. The highest BCUT2D eigenvalue weighted by Gasteiger charge is 2.36. The van der Waals surface area contributed by atoms with E-state index in [9.17, 15) is 0 Å². The predicted octanol–water partition coefficient (Wildman–Crippen LogP) is 2.61. The molecule has 0 aromatic carbocycles. The van der Waals surface area contributed by atoms with Crippen LogP contribution >= 0.6 is 12.2 Å². The first-order chi connectivity index (χ1) is 8.56. The molecule has 1 heterocycles. The fourth-order valence-electron chi connectivity index (χ4n) is 1.80. The number of nitrogens with zero attached hydrogens (tertiary/aromatic N) is 1. The molecule has 1 fully saturated rings. The van der Waals surface area contributed by atoms with E-state index in [1.54, 1.807) is 6.21 Å². The fraction of sp³-hybridized carbons (Fsp3) is 0.538. The molecule has 0 amide bonds. The summed E-state index contributed by atoms with van der Waals surface area (Å²) in [5, 5.41) is 7.60. The summed E-state index contributed by atoms with van der Waals surface area (Å²) >= 11 is 5.05. The van der Waals surface area contributed by atoms with Crippen molar-refractivity contribution in [3.05, 3.63) is 23.7 Å². The molecular formula is C13H19N3OS. The van der Waals surface area contributed by atoms with Crippen LogP contribution in [0.1, 0.15) is 44.6 Å². The second-order valence-electron chi connectivity index (χ2n) is 5.06. The van der Waals surface area contributed by atoms with Crippen molar-refractivity contribution in [2.75, 3.05) is 0 Å². The topological polar surface area (TPSA) is 49.6 Å². The normalized spacial score (nSPS) is 22.4. The first-order valence-electron chi connectivity index (χ1n) is 6.25. The van der Waals surface area contributed by atoms with Crippen LogP contribution in [0.3, 0.4) is 0 Å². The molecule has 0 spiro atoms. The number of hydrogen-bond donors (Lipinski definition) is 2. The van der Waals surface area contributed by atoms with Gasteiger partial charge in [0.25, 0.3) is 0 Å². The third kappa shape index (κ3) is 3.57. The molecule has 18 heavy (non-hydrogen) atoms. The van der Waals surface area contributed by atoms with Crippen LogP contribution in [0, 0.1) is 5.92 Å². The van der Waals surface area contributed by atoms with Crippen LogP contribution in [-0.4, -0.2) is 17.4 Å². The third-order valence-electron chi connectivity index (χ3n) is 2.90. The van der Waals surface area contributed by atoms with Gasteiger partial charge in [0, 0.05) is 12.0 Å². The van der Waals surface area contributed by atoms with Crippen molar-refractivity contribution >= 4 is 23.5 Å². The Balaban J connectivity index is 1.82. The maximum atomic E-state index is 5.69. The van der Waals surface area contributed by atoms with Gasteiger partial charge >= 0.3 is 0 Å². The van der Waals surface area contributed by atoms with E-state index in [0.29, 0.717) is 17.1 Å². The predicted molar refractivity (Wildman–Crippen MR) is 76.8 cm³/mol. The first-order valence-corrected chi connectivity index (χ1v) is 6.66. The smallest absolute Gasteiger partial charge is 0.187 e. The number of furan rings is 1. The van der Waals surface area contributed by atoms with Crippen molar-refractivity contribution in [3.63, 3.8) is 0 Å². The van der Waals surface area contributed by atoms with Gasteiger partial charge in [0.1, 0.15) is 11.5 Å². The van der Waals surface area contributed by atoms with Crippen LogP contribution in [0.25, 0.3) is 0 Å². The third-order valence-corrected chi connectivity index (χ3v) is 3.11. The SMILES string of the molecule is CC(C)NC(=S)N/N=C\c1ccc([C@H]2C[C@H]2C)o1. The molecule has 1 aromatic rings. The standard InChI is InChI=1S/C13H19N3OS/c1-8(2)15-13(18)16-14-7-10-4-5-12(17-10)11-6-9(11)3/h4-5,7-9,11H,6H2,1-3H3,(H2,15,16,18)/b14-7-/t9-,11+/m1/s1. The quantitative estimate of drug-likeness (QED) is 0.499. The van der Waals surface area contributed by atoms with Gasteiger partial charge in [-0.3, -0.25) is 5.43 Å². The van der Waals surface area contributed by atoms with Gasteiger partial charge in [-0.15, -0.1) is 0 Å². The van der Waals surface area contributed by atoms with Crippen LogP contribution < -0.4 is 10.7 Å². The Labute approximate surface area is 113 Å². The van der Waals surface area contributed by atoms with Crippen LogP contribution in [0.4, 0.5) is 0 Å². The molecule has 0 saturated heterocycles. The minimum Gasteiger partial charge on any atom is -0.460 e. The molecule has 1 aliphatic rings. The highest BCUT2D eigenvalue weighted by atomic mass is 32.1. The molecule has 5 heteroatoms. The monoisotopic (exact) mass is 265 g/mol. The van der Waals surface area contributed by atoms with Crippen LogP contribution in [0.5, 0.6) is 0 Å². The Morgan fingerprint density at radius 3 is 2.89 bits per heavy atom. The van der Waals surface area contributed by atoms with Gasteiger partial charge in [-0.1, -0.05) is 6.92 Å². The number of hydrazone groups is 1. The molecule has 1 aliphatic carbocycles. The number of hydrogen-bond acceptors (Lipinski definition) is 3. The van der Waals surface area contributed by atoms with E-state index in [1.807, 2.05) is 26.0 Å². The lowest BCUT2D eigenvalue weighted by Gasteiger charge is -2.08. The molecule has 1 aromatic heterocycles. The summed E-state index contributed by atoms with van der Waals surface area (Å²) < 4.78 is 5.69. The van der Waals surface area contributed by atoms with Crippen molar-refractivity contribution in [2.24, 2.45) is 11.0 Å². The van der Waals surface area contributed by atoms with Crippen molar-refractivity contribution in [1.29, 1.82) is 0 Å². The summed E-state index contributed by atoms with van der Waals surface area (Å²) in [4.78, 5) is 0. The van der Waals surface area contributed by atoms with Crippen molar-refractivity contribution in [3.8, 4) is 0 Å². The highest BCUT2D eigenvalue weighted by Crippen LogP contribution is 2.47. The summed E-state index contributed by atoms with van der Waals surface area (Å²) in [7, 11) is 0. The number of rotatable bonds is 4. The maximum Gasteiger partial charge on any atom is 0.187 e. The van der Waals surface area contributed by atoms with E-state index >= 15 is 0 Å². The van der Waals surface area contributed by atoms with Gasteiger partial charge in [0.05, 0.1) is 6.21 Å². The highest BCUT2D eigenvalue weighted by molar-refractivity contribution is 7.80. The lowest BCUT2D eigenvalue weighted by Crippen LogP contribution is -2.36. The second-order valence-corrected chi connectivity index (χ2v) is 5.47. The Kier molecular flexibility index (Phi) is 4.01. The Hall–Kier alpha value is -1.36. The van der Waals surface area contributed by atoms with Gasteiger partial charge in [-0.2, -0.15) is 5.10 Å². The van der Waals surface area contributed by atoms with Crippen LogP contribution in [0.15, 0.2) is 21.7 Å². The molecule has 2 N–H and O–H groups in total. The zero-order valence-electron chi connectivity index (χ0n) is 10.9. The lowest BCUT2D eigenvalue weighted by atomic mass is 10.3.